The highest BCUT2D eigenvalue weighted by molar-refractivity contribution is 5.68. The highest BCUT2D eigenvalue weighted by Gasteiger charge is 2.52. The molecule has 0 aromatic rings. The van der Waals surface area contributed by atoms with Gasteiger partial charge in [0, 0.05) is 34.1 Å². The molecule has 0 bridgehead atoms. The van der Waals surface area contributed by atoms with E-state index in [2.05, 4.69) is 5.92 Å². The zero-order valence-electron chi connectivity index (χ0n) is 16.2. The largest absolute Gasteiger partial charge is 0.463 e. The van der Waals surface area contributed by atoms with Crippen molar-refractivity contribution in [2.45, 2.75) is 64.8 Å². The molecule has 1 aliphatic heterocycles. The van der Waals surface area contributed by atoms with Gasteiger partial charge in [-0.25, -0.2) is 0 Å². The molecule has 0 aromatic carbocycles. The summed E-state index contributed by atoms with van der Waals surface area (Å²) in [5.41, 5.74) is 0. The highest BCUT2D eigenvalue weighted by atomic mass is 16.7. The Hall–Kier alpha value is -2.64. The molecule has 0 N–H and O–H groups in total. The van der Waals surface area contributed by atoms with E-state index >= 15 is 0 Å². The predicted octanol–water partition coefficient (Wildman–Crippen LogP) is 0.109. The average Bonchev–Trinajstić information content (AvgIpc) is 2.57. The lowest BCUT2D eigenvalue weighted by atomic mass is 9.98. The van der Waals surface area contributed by atoms with Gasteiger partial charge < -0.3 is 28.4 Å². The second-order valence-electron chi connectivity index (χ2n) is 5.89. The van der Waals surface area contributed by atoms with Gasteiger partial charge in [-0.15, -0.1) is 12.3 Å². The maximum Gasteiger partial charge on any atom is 0.303 e. The van der Waals surface area contributed by atoms with Gasteiger partial charge in [0.2, 0.25) is 0 Å². The van der Waals surface area contributed by atoms with E-state index in [1.807, 2.05) is 0 Å². The number of hydrogen-bond donors (Lipinski definition) is 0. The third-order valence-electron chi connectivity index (χ3n) is 3.48. The van der Waals surface area contributed by atoms with Gasteiger partial charge in [0.25, 0.3) is 0 Å². The van der Waals surface area contributed by atoms with Crippen LogP contribution in [0, 0.1) is 12.3 Å². The van der Waals surface area contributed by atoms with E-state index in [-0.39, 0.29) is 19.6 Å². The molecule has 0 unspecified atom stereocenters. The lowest BCUT2D eigenvalue weighted by Gasteiger charge is -2.44. The zero-order valence-corrected chi connectivity index (χ0v) is 16.2. The van der Waals surface area contributed by atoms with Crippen LogP contribution in [-0.4, -0.2) is 67.8 Å². The van der Waals surface area contributed by atoms with Gasteiger partial charge in [-0.3, -0.25) is 19.2 Å². The SMILES string of the molecule is C#CCCO[C@H]1O[C@H](COC(C)=O)[C@@H](OC(C)=O)[C@H](OC(C)=O)[C@@H]1OC(C)=O. The van der Waals surface area contributed by atoms with E-state index in [0.717, 1.165) is 20.8 Å². The van der Waals surface area contributed by atoms with E-state index < -0.39 is 54.6 Å². The summed E-state index contributed by atoms with van der Waals surface area (Å²) in [6, 6.07) is 0. The average molecular weight is 400 g/mol. The van der Waals surface area contributed by atoms with Crippen molar-refractivity contribution in [3.63, 3.8) is 0 Å². The lowest BCUT2D eigenvalue weighted by Crippen LogP contribution is -2.63. The molecule has 0 saturated carbocycles. The minimum atomic E-state index is -1.25. The van der Waals surface area contributed by atoms with Gasteiger partial charge in [0.15, 0.2) is 24.6 Å². The third kappa shape index (κ3) is 7.54. The van der Waals surface area contributed by atoms with Crippen LogP contribution in [0.2, 0.25) is 0 Å². The third-order valence-corrected chi connectivity index (χ3v) is 3.48. The van der Waals surface area contributed by atoms with Crippen LogP contribution in [0.25, 0.3) is 0 Å². The molecule has 156 valence electrons. The van der Waals surface area contributed by atoms with Crippen LogP contribution in [0.4, 0.5) is 0 Å². The van der Waals surface area contributed by atoms with Gasteiger partial charge in [-0.05, 0) is 0 Å². The molecule has 1 fully saturated rings. The normalized spacial score (nSPS) is 26.5. The van der Waals surface area contributed by atoms with E-state index in [1.165, 1.54) is 6.92 Å². The number of carbonyl (C=O) groups excluding carboxylic acids is 4. The Labute approximate surface area is 162 Å². The molecule has 5 atom stereocenters. The monoisotopic (exact) mass is 400 g/mol. The second-order valence-corrected chi connectivity index (χ2v) is 5.89. The summed E-state index contributed by atoms with van der Waals surface area (Å²) < 4.78 is 31.9. The summed E-state index contributed by atoms with van der Waals surface area (Å²) in [4.78, 5) is 45.9. The smallest absolute Gasteiger partial charge is 0.303 e. The van der Waals surface area contributed by atoms with Crippen LogP contribution >= 0.6 is 0 Å². The van der Waals surface area contributed by atoms with E-state index in [0.29, 0.717) is 0 Å². The summed E-state index contributed by atoms with van der Waals surface area (Å²) >= 11 is 0. The minimum absolute atomic E-state index is 0.0598. The first kappa shape index (κ1) is 23.4. The van der Waals surface area contributed by atoms with E-state index in [4.69, 9.17) is 34.8 Å². The summed E-state index contributed by atoms with van der Waals surface area (Å²) in [6.07, 6.45) is -0.505. The molecule has 10 heteroatoms. The van der Waals surface area contributed by atoms with Crippen LogP contribution in [0.3, 0.4) is 0 Å². The predicted molar refractivity (Wildman–Crippen MR) is 91.4 cm³/mol. The zero-order chi connectivity index (χ0) is 21.3. The highest BCUT2D eigenvalue weighted by Crippen LogP contribution is 2.30. The van der Waals surface area contributed by atoms with Gasteiger partial charge >= 0.3 is 23.9 Å². The maximum absolute atomic E-state index is 11.6. The molecule has 1 rings (SSSR count). The molecule has 1 heterocycles. The number of carbonyl (C=O) groups is 4. The molecule has 1 saturated heterocycles. The molecule has 0 radical (unpaired) electrons. The van der Waals surface area contributed by atoms with Crippen molar-refractivity contribution in [3.8, 4) is 12.3 Å². The number of rotatable bonds is 8. The number of hydrogen-bond acceptors (Lipinski definition) is 10. The number of terminal acetylenes is 1. The molecular weight excluding hydrogens is 376 g/mol. The molecule has 1 aliphatic rings. The Balaban J connectivity index is 3.23. The fourth-order valence-corrected chi connectivity index (χ4v) is 2.56. The summed E-state index contributed by atoms with van der Waals surface area (Å²) in [7, 11) is 0. The summed E-state index contributed by atoms with van der Waals surface area (Å²) in [5.74, 6) is -0.329. The second kappa shape index (κ2) is 11.3. The molecule has 0 aliphatic carbocycles. The van der Waals surface area contributed by atoms with Crippen LogP contribution in [0.15, 0.2) is 0 Å². The van der Waals surface area contributed by atoms with Gasteiger partial charge in [0.1, 0.15) is 12.7 Å². The Bertz CT molecular complexity index is 622. The van der Waals surface area contributed by atoms with Crippen molar-refractivity contribution >= 4 is 23.9 Å². The Morgan fingerprint density at radius 3 is 1.89 bits per heavy atom. The maximum atomic E-state index is 11.6. The molecule has 0 amide bonds. The van der Waals surface area contributed by atoms with E-state index in [9.17, 15) is 19.2 Å². The number of ether oxygens (including phenoxy) is 6. The van der Waals surface area contributed by atoms with Gasteiger partial charge in [-0.2, -0.15) is 0 Å². The Kier molecular flexibility index (Phi) is 9.41. The van der Waals surface area contributed by atoms with Crippen molar-refractivity contribution in [1.29, 1.82) is 0 Å². The van der Waals surface area contributed by atoms with E-state index in [1.54, 1.807) is 0 Å². The van der Waals surface area contributed by atoms with Crippen LogP contribution in [0.1, 0.15) is 34.1 Å². The van der Waals surface area contributed by atoms with Gasteiger partial charge in [0.05, 0.1) is 6.61 Å². The summed E-state index contributed by atoms with van der Waals surface area (Å²) in [6.45, 7) is 4.37. The summed E-state index contributed by atoms with van der Waals surface area (Å²) in [5, 5.41) is 0. The lowest BCUT2D eigenvalue weighted by molar-refractivity contribution is -0.307. The molecule has 10 nitrogen and oxygen atoms in total. The number of esters is 4. The minimum Gasteiger partial charge on any atom is -0.463 e. The quantitative estimate of drug-likeness (QED) is 0.240. The van der Waals surface area contributed by atoms with Crippen LogP contribution in [0.5, 0.6) is 0 Å². The fraction of sp³-hybridized carbons (Fsp3) is 0.667. The molecule has 0 aromatic heterocycles. The van der Waals surface area contributed by atoms with Crippen molar-refractivity contribution in [3.05, 3.63) is 0 Å². The Morgan fingerprint density at radius 1 is 0.857 bits per heavy atom. The Morgan fingerprint density at radius 2 is 1.39 bits per heavy atom. The first-order valence-corrected chi connectivity index (χ1v) is 8.51. The molecule has 0 spiro atoms. The standard InChI is InChI=1S/C18H24O10/c1-6-7-8-23-18-17(27-13(5)22)16(26-12(4)21)15(25-11(3)20)14(28-18)9-24-10(2)19/h1,14-18H,7-9H2,2-5H3/t14-,15-,16+,17+,18+/m1/s1. The molecular formula is C18H24O10. The first-order valence-electron chi connectivity index (χ1n) is 8.51. The van der Waals surface area contributed by atoms with Crippen molar-refractivity contribution in [2.75, 3.05) is 13.2 Å². The van der Waals surface area contributed by atoms with Crippen LogP contribution < -0.4 is 0 Å². The molecule has 28 heavy (non-hydrogen) atoms. The topological polar surface area (TPSA) is 124 Å². The van der Waals surface area contributed by atoms with Crippen molar-refractivity contribution in [1.82, 2.24) is 0 Å². The fourth-order valence-electron chi connectivity index (χ4n) is 2.56. The van der Waals surface area contributed by atoms with Crippen molar-refractivity contribution in [2.24, 2.45) is 0 Å². The first-order chi connectivity index (χ1) is 13.1. The van der Waals surface area contributed by atoms with Gasteiger partial charge in [-0.1, -0.05) is 0 Å². The van der Waals surface area contributed by atoms with Crippen LogP contribution in [-0.2, 0) is 47.6 Å². The van der Waals surface area contributed by atoms with Crippen molar-refractivity contribution < 1.29 is 47.6 Å².